The number of hydrogen-bond acceptors (Lipinski definition) is 10. The Balaban J connectivity index is 2.08. The van der Waals surface area contributed by atoms with Gasteiger partial charge in [-0.3, -0.25) is 23.3 Å². The van der Waals surface area contributed by atoms with Crippen LogP contribution in [0.25, 0.3) is 0 Å². The van der Waals surface area contributed by atoms with Crippen molar-refractivity contribution in [3.63, 3.8) is 0 Å². The molecule has 9 N–H and O–H groups in total. The van der Waals surface area contributed by atoms with Gasteiger partial charge >= 0.3 is 28.6 Å². The van der Waals surface area contributed by atoms with Crippen molar-refractivity contribution in [1.82, 2.24) is 9.55 Å². The summed E-state index contributed by atoms with van der Waals surface area (Å²) in [4.78, 5) is 69.9. The van der Waals surface area contributed by atoms with E-state index >= 15 is 0 Å². The molecule has 1 aliphatic heterocycles. The van der Waals surface area contributed by atoms with Crippen LogP contribution in [0.4, 0.5) is 5.82 Å². The number of aromatic nitrogens is 2. The Labute approximate surface area is 184 Å². The predicted molar refractivity (Wildman–Crippen MR) is 107 cm³/mol. The number of aliphatic hydroxyl groups excluding tert-OH is 2. The summed E-state index contributed by atoms with van der Waals surface area (Å²) in [5, 5.41) is 21.9. The van der Waals surface area contributed by atoms with Crippen LogP contribution >= 0.6 is 30.3 Å². The molecule has 0 aromatic carbocycles. The van der Waals surface area contributed by atoms with Crippen molar-refractivity contribution < 1.29 is 67.1 Å². The molecule has 33 heavy (non-hydrogen) atoms. The van der Waals surface area contributed by atoms with E-state index in [-0.39, 0.29) is 0 Å². The number of ether oxygens (including phenoxy) is 1. The van der Waals surface area contributed by atoms with Gasteiger partial charge in [0.2, 0.25) is 7.37 Å². The normalized spacial score (nSPS) is 27.6. The third kappa shape index (κ3) is 8.73. The second-order valence-corrected chi connectivity index (χ2v) is 15.1. The molecule has 2 heterocycles. The minimum Gasteiger partial charge on any atom is -0.387 e. The highest BCUT2D eigenvalue weighted by molar-refractivity contribution is 7.79. The Hall–Kier alpha value is -0.800. The molecule has 0 amide bonds. The lowest BCUT2D eigenvalue weighted by atomic mass is 10.1. The molecule has 1 saturated heterocycles. The van der Waals surface area contributed by atoms with Crippen LogP contribution in [0.15, 0.2) is 17.1 Å². The van der Waals surface area contributed by atoms with Gasteiger partial charge in [-0.25, -0.2) is 9.36 Å². The summed E-state index contributed by atoms with van der Waals surface area (Å²) in [7, 11) is -19.4. The lowest BCUT2D eigenvalue weighted by Gasteiger charge is -2.20. The van der Waals surface area contributed by atoms with E-state index in [2.05, 4.69) is 9.51 Å². The van der Waals surface area contributed by atoms with Gasteiger partial charge < -0.3 is 48.8 Å². The molecule has 1 aromatic rings. The first kappa shape index (κ1) is 28.4. The van der Waals surface area contributed by atoms with E-state index in [1.54, 1.807) is 5.09 Å². The fraction of sp³-hybridized carbons (Fsp3) is 0.636. The van der Waals surface area contributed by atoms with Gasteiger partial charge in [0.1, 0.15) is 35.9 Å². The second kappa shape index (κ2) is 10.1. The zero-order chi connectivity index (χ0) is 25.4. The predicted octanol–water partition coefficient (Wildman–Crippen LogP) is -2.07. The summed E-state index contributed by atoms with van der Waals surface area (Å²) < 4.78 is 56.1. The molecular formula is C11H21N3O15P4. The highest BCUT2D eigenvalue weighted by Gasteiger charge is 2.46. The smallest absolute Gasteiger partial charge is 0.387 e. The van der Waals surface area contributed by atoms with E-state index in [1.165, 1.54) is 0 Å². The van der Waals surface area contributed by atoms with E-state index in [0.29, 0.717) is 4.57 Å². The van der Waals surface area contributed by atoms with Crippen molar-refractivity contribution in [3.8, 4) is 0 Å². The topological polar surface area (TPSA) is 296 Å². The lowest BCUT2D eigenvalue weighted by Crippen LogP contribution is -2.36. The van der Waals surface area contributed by atoms with Crippen molar-refractivity contribution in [2.24, 2.45) is 0 Å². The van der Waals surface area contributed by atoms with E-state index in [0.717, 1.165) is 12.3 Å². The average Bonchev–Trinajstić information content (AvgIpc) is 2.84. The molecule has 22 heteroatoms. The highest BCUT2D eigenvalue weighted by Crippen LogP contribution is 2.63. The number of aliphatic hydroxyl groups is 2. The third-order valence-electron chi connectivity index (χ3n) is 3.95. The van der Waals surface area contributed by atoms with Crippen LogP contribution in [0.1, 0.15) is 6.23 Å². The average molecular weight is 559 g/mol. The fourth-order valence-electron chi connectivity index (χ4n) is 2.76. The maximum absolute atomic E-state index is 12.1. The van der Waals surface area contributed by atoms with Crippen molar-refractivity contribution in [2.45, 2.75) is 24.5 Å². The van der Waals surface area contributed by atoms with Crippen LogP contribution in [-0.4, -0.2) is 85.8 Å². The molecule has 0 radical (unpaired) electrons. The molecule has 1 aliphatic rings. The number of hydrogen-bond donors (Lipinski definition) is 9. The van der Waals surface area contributed by atoms with E-state index in [1.807, 2.05) is 0 Å². The third-order valence-corrected chi connectivity index (χ3v) is 11.5. The van der Waals surface area contributed by atoms with E-state index < -0.39 is 84.8 Å². The lowest BCUT2D eigenvalue weighted by molar-refractivity contribution is -0.0523. The Kier molecular flexibility index (Phi) is 8.66. The molecule has 0 bridgehead atoms. The van der Waals surface area contributed by atoms with Crippen LogP contribution < -0.4 is 10.8 Å². The molecule has 6 atom stereocenters. The standard InChI is InChI=1S/C11H21N3O15P4/c15-8-6(3-28-32(23,24)5-30(18,19)4-31(20,21)22)29-10(9(8)16)14-2-1-7(12-11(14)17)13-33(25,26)27/h1-2,6,8-10,15-16H,3-5H2,(H,18,19)(H,23,24)(H2,20,21,22)(H3,12,13,17,25,26,27)/t6-,8-,9-,10-/m1/s1. The Morgan fingerprint density at radius 1 is 1.03 bits per heavy atom. The Morgan fingerprint density at radius 2 is 1.64 bits per heavy atom. The fourth-order valence-corrected chi connectivity index (χ4v) is 9.59. The van der Waals surface area contributed by atoms with Gasteiger partial charge in [0, 0.05) is 6.20 Å². The van der Waals surface area contributed by atoms with Crippen LogP contribution in [0.5, 0.6) is 0 Å². The van der Waals surface area contributed by atoms with Gasteiger partial charge in [0.15, 0.2) is 6.23 Å². The summed E-state index contributed by atoms with van der Waals surface area (Å²) in [6.07, 6.45) is -5.79. The van der Waals surface area contributed by atoms with Crippen molar-refractivity contribution >= 4 is 36.1 Å². The van der Waals surface area contributed by atoms with Crippen molar-refractivity contribution in [3.05, 3.63) is 22.7 Å². The molecule has 2 rings (SSSR count). The molecule has 1 fully saturated rings. The molecule has 0 saturated carbocycles. The Morgan fingerprint density at radius 3 is 2.15 bits per heavy atom. The minimum atomic E-state index is -4.98. The SMILES string of the molecule is O=c1nc(NP(=O)(O)O)ccn1[C@@H]1O[C@H](COP(=O)(O)CP(=O)(O)CP(=O)(O)O)[C@@H](O)[C@H]1O. The zero-order valence-electron chi connectivity index (χ0n) is 16.2. The summed E-state index contributed by atoms with van der Waals surface area (Å²) >= 11 is 0. The van der Waals surface area contributed by atoms with Gasteiger partial charge in [-0.05, 0) is 6.07 Å². The van der Waals surface area contributed by atoms with Crippen molar-refractivity contribution in [2.75, 3.05) is 23.5 Å². The second-order valence-electron chi connectivity index (χ2n) is 6.93. The van der Waals surface area contributed by atoms with E-state index in [4.69, 9.17) is 24.3 Å². The molecule has 1 aromatic heterocycles. The minimum absolute atomic E-state index is 0.498. The first-order chi connectivity index (χ1) is 14.8. The Bertz CT molecular complexity index is 1110. The van der Waals surface area contributed by atoms with Crippen LogP contribution in [0.2, 0.25) is 0 Å². The van der Waals surface area contributed by atoms with Gasteiger partial charge in [0.25, 0.3) is 0 Å². The van der Waals surface area contributed by atoms with Crippen LogP contribution in [0.3, 0.4) is 0 Å². The molecule has 18 nitrogen and oxygen atoms in total. The summed E-state index contributed by atoms with van der Waals surface area (Å²) in [6.45, 7) is -0.932. The maximum atomic E-state index is 12.1. The number of nitrogens with one attached hydrogen (secondary N) is 1. The molecular weight excluding hydrogens is 538 g/mol. The molecule has 0 aliphatic carbocycles. The van der Waals surface area contributed by atoms with Gasteiger partial charge in [-0.1, -0.05) is 0 Å². The monoisotopic (exact) mass is 559 g/mol. The maximum Gasteiger partial charge on any atom is 0.428 e. The van der Waals surface area contributed by atoms with Gasteiger partial charge in [-0.2, -0.15) is 4.98 Å². The quantitative estimate of drug-likeness (QED) is 0.139. The number of nitrogens with zero attached hydrogens (tertiary/aromatic N) is 2. The van der Waals surface area contributed by atoms with Crippen molar-refractivity contribution in [1.29, 1.82) is 0 Å². The highest BCUT2D eigenvalue weighted by atomic mass is 31.3. The van der Waals surface area contributed by atoms with Crippen LogP contribution in [-0.2, 0) is 27.5 Å². The summed E-state index contributed by atoms with van der Waals surface area (Å²) in [5.41, 5.74) is -1.15. The first-order valence-electron chi connectivity index (χ1n) is 8.55. The molecule has 2 unspecified atom stereocenters. The summed E-state index contributed by atoms with van der Waals surface area (Å²) in [5.74, 6) is -3.56. The van der Waals surface area contributed by atoms with Crippen LogP contribution in [0, 0.1) is 0 Å². The number of anilines is 1. The largest absolute Gasteiger partial charge is 0.428 e. The summed E-state index contributed by atoms with van der Waals surface area (Å²) in [6, 6.07) is 0.953. The molecule has 190 valence electrons. The van der Waals surface area contributed by atoms with Gasteiger partial charge in [-0.15, -0.1) is 0 Å². The van der Waals surface area contributed by atoms with Gasteiger partial charge in [0.05, 0.1) is 6.61 Å². The zero-order valence-corrected chi connectivity index (χ0v) is 19.8. The van der Waals surface area contributed by atoms with E-state index in [9.17, 15) is 43.1 Å². The molecule has 0 spiro atoms. The first-order valence-corrected chi connectivity index (χ1v) is 15.8. The number of rotatable bonds is 10.